The number of hydrazine groups is 1. The van der Waals surface area contributed by atoms with Crippen molar-refractivity contribution in [3.8, 4) is 11.3 Å². The monoisotopic (exact) mass is 427 g/mol. The lowest BCUT2D eigenvalue weighted by Gasteiger charge is -2.17. The average Bonchev–Trinajstić information content (AvgIpc) is 3.47. The van der Waals surface area contributed by atoms with Crippen molar-refractivity contribution in [2.24, 2.45) is 0 Å². The van der Waals surface area contributed by atoms with Gasteiger partial charge in [-0.25, -0.2) is 0 Å². The van der Waals surface area contributed by atoms with Crippen LogP contribution in [0.2, 0.25) is 0 Å². The van der Waals surface area contributed by atoms with Gasteiger partial charge in [0.15, 0.2) is 5.76 Å². The highest BCUT2D eigenvalue weighted by molar-refractivity contribution is 7.98. The zero-order valence-corrected chi connectivity index (χ0v) is 17.0. The van der Waals surface area contributed by atoms with Gasteiger partial charge in [0.1, 0.15) is 11.7 Å². The van der Waals surface area contributed by atoms with Gasteiger partial charge in [-0.2, -0.15) is 16.9 Å². The molecule has 0 saturated carbocycles. The molecule has 2 aromatic heterocycles. The molecule has 3 rings (SSSR count). The smallest absolute Gasteiger partial charge is 0.287 e. The van der Waals surface area contributed by atoms with Crippen molar-refractivity contribution in [1.29, 1.82) is 0 Å². The number of aromatic nitrogens is 2. The van der Waals surface area contributed by atoms with Crippen LogP contribution in [0.1, 0.15) is 27.5 Å². The van der Waals surface area contributed by atoms with Gasteiger partial charge in [0, 0.05) is 5.56 Å². The van der Waals surface area contributed by atoms with Crippen LogP contribution < -0.4 is 16.2 Å². The summed E-state index contributed by atoms with van der Waals surface area (Å²) >= 11 is 1.54. The number of hydrogen-bond donors (Lipinski definition) is 4. The van der Waals surface area contributed by atoms with E-state index in [0.29, 0.717) is 17.9 Å². The first kappa shape index (κ1) is 21.2. The molecule has 30 heavy (non-hydrogen) atoms. The van der Waals surface area contributed by atoms with E-state index in [1.807, 2.05) is 36.6 Å². The molecule has 4 N–H and O–H groups in total. The molecule has 0 aliphatic carbocycles. The number of furan rings is 1. The lowest BCUT2D eigenvalue weighted by molar-refractivity contribution is -0.123. The van der Waals surface area contributed by atoms with Crippen LogP contribution in [0.25, 0.3) is 11.3 Å². The lowest BCUT2D eigenvalue weighted by atomic mass is 10.1. The van der Waals surface area contributed by atoms with Crippen LogP contribution in [0, 0.1) is 0 Å². The molecule has 0 spiro atoms. The number of amides is 3. The first-order chi connectivity index (χ1) is 14.6. The Morgan fingerprint density at radius 2 is 1.90 bits per heavy atom. The van der Waals surface area contributed by atoms with Crippen LogP contribution in [0.4, 0.5) is 0 Å². The number of nitrogens with one attached hydrogen (secondary N) is 4. The number of carbonyl (C=O) groups excluding carboxylic acids is 3. The molecule has 0 bridgehead atoms. The van der Waals surface area contributed by atoms with Crippen molar-refractivity contribution in [2.75, 3.05) is 12.0 Å². The Morgan fingerprint density at radius 1 is 1.10 bits per heavy atom. The van der Waals surface area contributed by atoms with E-state index in [4.69, 9.17) is 4.42 Å². The zero-order chi connectivity index (χ0) is 21.3. The van der Waals surface area contributed by atoms with Gasteiger partial charge in [-0.15, -0.1) is 0 Å². The van der Waals surface area contributed by atoms with Gasteiger partial charge in [0.2, 0.25) is 0 Å². The summed E-state index contributed by atoms with van der Waals surface area (Å²) in [7, 11) is 0. The van der Waals surface area contributed by atoms with Gasteiger partial charge in [0.05, 0.1) is 12.0 Å². The maximum absolute atomic E-state index is 12.5. The molecule has 1 atom stereocenters. The zero-order valence-electron chi connectivity index (χ0n) is 16.2. The van der Waals surface area contributed by atoms with Crippen molar-refractivity contribution in [3.05, 3.63) is 66.2 Å². The number of rotatable bonds is 8. The molecule has 10 heteroatoms. The van der Waals surface area contributed by atoms with Gasteiger partial charge in [-0.1, -0.05) is 30.3 Å². The van der Waals surface area contributed by atoms with E-state index in [1.54, 1.807) is 12.1 Å². The molecule has 0 saturated heterocycles. The summed E-state index contributed by atoms with van der Waals surface area (Å²) in [5.74, 6) is -0.856. The Labute approximate surface area is 177 Å². The number of aromatic amines is 1. The highest BCUT2D eigenvalue weighted by Gasteiger charge is 2.23. The molecular formula is C20H21N5O4S. The number of benzene rings is 1. The van der Waals surface area contributed by atoms with E-state index in [-0.39, 0.29) is 11.5 Å². The second-order valence-electron chi connectivity index (χ2n) is 6.26. The van der Waals surface area contributed by atoms with Gasteiger partial charge in [0.25, 0.3) is 17.7 Å². The standard InChI is InChI=1S/C20H21N5O4S/c1-30-11-9-14(21-20(28)17-8-5-10-29-17)18(26)24-25-19(27)16-12-15(22-23-16)13-6-3-2-4-7-13/h2-8,10,12,14H,9,11H2,1H3,(H,21,28)(H,22,23)(H,24,26)(H,25,27). The normalized spacial score (nSPS) is 11.5. The van der Waals surface area contributed by atoms with Crippen LogP contribution >= 0.6 is 11.8 Å². The van der Waals surface area contributed by atoms with E-state index in [1.165, 1.54) is 24.1 Å². The quantitative estimate of drug-likeness (QED) is 0.407. The minimum atomic E-state index is -0.836. The molecule has 0 radical (unpaired) electrons. The highest BCUT2D eigenvalue weighted by atomic mass is 32.2. The molecule has 1 unspecified atom stereocenters. The van der Waals surface area contributed by atoms with Crippen molar-refractivity contribution in [2.45, 2.75) is 12.5 Å². The van der Waals surface area contributed by atoms with Crippen molar-refractivity contribution >= 4 is 29.5 Å². The van der Waals surface area contributed by atoms with Crippen LogP contribution in [0.3, 0.4) is 0 Å². The second-order valence-corrected chi connectivity index (χ2v) is 7.25. The summed E-state index contributed by atoms with van der Waals surface area (Å²) in [6.45, 7) is 0. The first-order valence-electron chi connectivity index (χ1n) is 9.13. The maximum Gasteiger partial charge on any atom is 0.287 e. The number of nitrogens with zero attached hydrogens (tertiary/aromatic N) is 1. The summed E-state index contributed by atoms with van der Waals surface area (Å²) in [6, 6.07) is 13.2. The highest BCUT2D eigenvalue weighted by Crippen LogP contribution is 2.16. The predicted molar refractivity (Wildman–Crippen MR) is 113 cm³/mol. The van der Waals surface area contributed by atoms with Crippen LogP contribution in [-0.2, 0) is 4.79 Å². The molecule has 3 amide bonds. The summed E-state index contributed by atoms with van der Waals surface area (Å²) < 4.78 is 5.05. The Balaban J connectivity index is 1.58. The number of carbonyl (C=O) groups is 3. The number of H-pyrrole nitrogens is 1. The molecule has 0 fully saturated rings. The largest absolute Gasteiger partial charge is 0.459 e. The minimum Gasteiger partial charge on any atom is -0.459 e. The average molecular weight is 427 g/mol. The SMILES string of the molecule is CSCCC(NC(=O)c1ccco1)C(=O)NNC(=O)c1cc(-c2ccccc2)n[nH]1. The minimum absolute atomic E-state index is 0.104. The van der Waals surface area contributed by atoms with E-state index in [2.05, 4.69) is 26.4 Å². The fourth-order valence-corrected chi connectivity index (χ4v) is 3.08. The second kappa shape index (κ2) is 10.3. The molecule has 1 aromatic carbocycles. The summed E-state index contributed by atoms with van der Waals surface area (Å²) in [5, 5.41) is 9.37. The van der Waals surface area contributed by atoms with E-state index in [9.17, 15) is 14.4 Å². The lowest BCUT2D eigenvalue weighted by Crippen LogP contribution is -2.52. The van der Waals surface area contributed by atoms with Gasteiger partial charge >= 0.3 is 0 Å². The van der Waals surface area contributed by atoms with E-state index < -0.39 is 23.8 Å². The molecule has 0 aliphatic heterocycles. The maximum atomic E-state index is 12.5. The Hall–Kier alpha value is -3.53. The predicted octanol–water partition coefficient (Wildman–Crippen LogP) is 1.98. The van der Waals surface area contributed by atoms with Gasteiger partial charge < -0.3 is 9.73 Å². The van der Waals surface area contributed by atoms with Crippen molar-refractivity contribution in [3.63, 3.8) is 0 Å². The van der Waals surface area contributed by atoms with Crippen LogP contribution in [0.5, 0.6) is 0 Å². The molecule has 156 valence electrons. The third-order valence-corrected chi connectivity index (χ3v) is 4.81. The van der Waals surface area contributed by atoms with Gasteiger partial charge in [-0.05, 0) is 36.6 Å². The fourth-order valence-electron chi connectivity index (χ4n) is 2.61. The van der Waals surface area contributed by atoms with E-state index in [0.717, 1.165) is 5.56 Å². The molecule has 0 aliphatic rings. The third kappa shape index (κ3) is 5.51. The Bertz CT molecular complexity index is 988. The Kier molecular flexibility index (Phi) is 7.28. The topological polar surface area (TPSA) is 129 Å². The summed E-state index contributed by atoms with van der Waals surface area (Å²) in [5.41, 5.74) is 6.34. The molecule has 2 heterocycles. The fraction of sp³-hybridized carbons (Fsp3) is 0.200. The van der Waals surface area contributed by atoms with Crippen LogP contribution in [-0.4, -0.2) is 46.0 Å². The Morgan fingerprint density at radius 3 is 2.60 bits per heavy atom. The third-order valence-electron chi connectivity index (χ3n) is 4.17. The number of hydrogen-bond acceptors (Lipinski definition) is 6. The summed E-state index contributed by atoms with van der Waals surface area (Å²) in [4.78, 5) is 37.0. The van der Waals surface area contributed by atoms with Crippen molar-refractivity contribution < 1.29 is 18.8 Å². The molecule has 9 nitrogen and oxygen atoms in total. The molecule has 3 aromatic rings. The summed E-state index contributed by atoms with van der Waals surface area (Å²) in [6.07, 6.45) is 3.66. The van der Waals surface area contributed by atoms with Crippen LogP contribution in [0.15, 0.2) is 59.2 Å². The van der Waals surface area contributed by atoms with E-state index >= 15 is 0 Å². The van der Waals surface area contributed by atoms with Crippen molar-refractivity contribution in [1.82, 2.24) is 26.4 Å². The first-order valence-corrected chi connectivity index (χ1v) is 10.5. The molecular weight excluding hydrogens is 406 g/mol. The van der Waals surface area contributed by atoms with Gasteiger partial charge in [-0.3, -0.25) is 30.3 Å². The number of thioether (sulfide) groups is 1.